The van der Waals surface area contributed by atoms with Crippen molar-refractivity contribution >= 4 is 5.91 Å². The summed E-state index contributed by atoms with van der Waals surface area (Å²) < 4.78 is 0. The summed E-state index contributed by atoms with van der Waals surface area (Å²) in [4.78, 5) is 11.5. The minimum atomic E-state index is -0.414. The molecule has 18 heavy (non-hydrogen) atoms. The number of hydrogen-bond donors (Lipinski definition) is 2. The second-order valence-corrected chi connectivity index (χ2v) is 4.73. The lowest BCUT2D eigenvalue weighted by molar-refractivity contribution is -0.128. The van der Waals surface area contributed by atoms with E-state index < -0.39 is 5.41 Å². The molecule has 0 radical (unpaired) electrons. The molecule has 0 bridgehead atoms. The predicted molar refractivity (Wildman–Crippen MR) is 74.0 cm³/mol. The fraction of sp³-hybridized carbons (Fsp3) is 0.400. The van der Waals surface area contributed by atoms with Crippen molar-refractivity contribution in [1.29, 1.82) is 0 Å². The molecule has 1 amide bonds. The molecule has 3 heteroatoms. The van der Waals surface area contributed by atoms with Crippen molar-refractivity contribution in [2.75, 3.05) is 20.1 Å². The molecule has 0 atom stereocenters. The molecule has 3 nitrogen and oxygen atoms in total. The van der Waals surface area contributed by atoms with E-state index in [2.05, 4.69) is 22.5 Å². The van der Waals surface area contributed by atoms with Crippen LogP contribution in [0.15, 0.2) is 30.3 Å². The van der Waals surface area contributed by atoms with Crippen LogP contribution in [-0.4, -0.2) is 26.0 Å². The molecule has 0 unspecified atom stereocenters. The van der Waals surface area contributed by atoms with Crippen molar-refractivity contribution in [3.8, 4) is 11.8 Å². The maximum atomic E-state index is 11.5. The van der Waals surface area contributed by atoms with Crippen LogP contribution in [0.4, 0.5) is 0 Å². The van der Waals surface area contributed by atoms with Gasteiger partial charge in [-0.25, -0.2) is 0 Å². The second kappa shape index (κ2) is 6.83. The number of benzene rings is 1. The van der Waals surface area contributed by atoms with Gasteiger partial charge in [0.15, 0.2) is 0 Å². The number of nitrogens with one attached hydrogen (secondary N) is 2. The van der Waals surface area contributed by atoms with E-state index >= 15 is 0 Å². The molecule has 0 spiro atoms. The first-order valence-corrected chi connectivity index (χ1v) is 6.03. The van der Waals surface area contributed by atoms with Crippen LogP contribution in [0.1, 0.15) is 19.4 Å². The van der Waals surface area contributed by atoms with Gasteiger partial charge in [0.05, 0.1) is 12.0 Å². The van der Waals surface area contributed by atoms with Crippen LogP contribution in [0.5, 0.6) is 0 Å². The van der Waals surface area contributed by atoms with Crippen LogP contribution in [0.3, 0.4) is 0 Å². The Hall–Kier alpha value is -1.79. The molecular formula is C15H20N2O. The summed E-state index contributed by atoms with van der Waals surface area (Å²) in [5, 5.41) is 5.83. The molecule has 0 saturated heterocycles. The average Bonchev–Trinajstić information content (AvgIpc) is 2.38. The van der Waals surface area contributed by atoms with Crippen molar-refractivity contribution in [3.63, 3.8) is 0 Å². The van der Waals surface area contributed by atoms with E-state index in [4.69, 9.17) is 0 Å². The lowest BCUT2D eigenvalue weighted by Crippen LogP contribution is -2.42. The zero-order valence-electron chi connectivity index (χ0n) is 11.2. The van der Waals surface area contributed by atoms with Gasteiger partial charge in [-0.3, -0.25) is 4.79 Å². The number of amides is 1. The summed E-state index contributed by atoms with van der Waals surface area (Å²) in [6.07, 6.45) is 0. The number of rotatable bonds is 4. The number of hydrogen-bond acceptors (Lipinski definition) is 2. The third kappa shape index (κ3) is 4.60. The van der Waals surface area contributed by atoms with Gasteiger partial charge in [0, 0.05) is 19.2 Å². The standard InChI is InChI=1S/C15H20N2O/c1-15(2,14(18)16-3)12-17-11-7-10-13-8-5-4-6-9-13/h4-6,8-9,17H,11-12H2,1-3H3,(H,16,18). The molecule has 1 aromatic rings. The smallest absolute Gasteiger partial charge is 0.226 e. The topological polar surface area (TPSA) is 41.1 Å². The quantitative estimate of drug-likeness (QED) is 0.621. The first-order valence-electron chi connectivity index (χ1n) is 6.03. The van der Waals surface area contributed by atoms with Crippen molar-refractivity contribution in [1.82, 2.24) is 10.6 Å². The van der Waals surface area contributed by atoms with E-state index in [0.29, 0.717) is 13.1 Å². The molecule has 2 N–H and O–H groups in total. The molecule has 0 fully saturated rings. The zero-order chi connectivity index (χ0) is 13.4. The third-order valence-corrected chi connectivity index (χ3v) is 2.63. The molecule has 0 aliphatic carbocycles. The number of carbonyl (C=O) groups is 1. The zero-order valence-corrected chi connectivity index (χ0v) is 11.2. The third-order valence-electron chi connectivity index (χ3n) is 2.63. The predicted octanol–water partition coefficient (Wildman–Crippen LogP) is 1.40. The second-order valence-electron chi connectivity index (χ2n) is 4.73. The van der Waals surface area contributed by atoms with Crippen LogP contribution >= 0.6 is 0 Å². The van der Waals surface area contributed by atoms with Gasteiger partial charge >= 0.3 is 0 Å². The Kier molecular flexibility index (Phi) is 5.41. The molecule has 1 aromatic carbocycles. The first-order chi connectivity index (χ1) is 8.56. The van der Waals surface area contributed by atoms with Crippen molar-refractivity contribution in [3.05, 3.63) is 35.9 Å². The molecule has 0 saturated carbocycles. The van der Waals surface area contributed by atoms with Gasteiger partial charge in [-0.05, 0) is 26.0 Å². The van der Waals surface area contributed by atoms with Crippen LogP contribution in [0, 0.1) is 17.3 Å². The number of carbonyl (C=O) groups excluding carboxylic acids is 1. The highest BCUT2D eigenvalue weighted by Crippen LogP contribution is 2.12. The molecule has 1 rings (SSSR count). The van der Waals surface area contributed by atoms with Gasteiger partial charge in [-0.1, -0.05) is 30.0 Å². The Balaban J connectivity index is 2.36. The normalized spacial score (nSPS) is 10.4. The van der Waals surface area contributed by atoms with E-state index in [1.807, 2.05) is 44.2 Å². The summed E-state index contributed by atoms with van der Waals surface area (Å²) in [7, 11) is 1.65. The Morgan fingerprint density at radius 1 is 1.28 bits per heavy atom. The Morgan fingerprint density at radius 2 is 1.94 bits per heavy atom. The fourth-order valence-electron chi connectivity index (χ4n) is 1.52. The minimum absolute atomic E-state index is 0.0334. The minimum Gasteiger partial charge on any atom is -0.359 e. The van der Waals surface area contributed by atoms with E-state index in [9.17, 15) is 4.79 Å². The van der Waals surface area contributed by atoms with Gasteiger partial charge in [0.25, 0.3) is 0 Å². The van der Waals surface area contributed by atoms with Gasteiger partial charge in [0.2, 0.25) is 5.91 Å². The summed E-state index contributed by atoms with van der Waals surface area (Å²) in [6.45, 7) is 5.00. The maximum Gasteiger partial charge on any atom is 0.226 e. The lowest BCUT2D eigenvalue weighted by Gasteiger charge is -2.22. The van der Waals surface area contributed by atoms with Crippen LogP contribution in [0.25, 0.3) is 0 Å². The molecule has 0 heterocycles. The van der Waals surface area contributed by atoms with Gasteiger partial charge in [-0.2, -0.15) is 0 Å². The maximum absolute atomic E-state index is 11.5. The van der Waals surface area contributed by atoms with Crippen LogP contribution in [-0.2, 0) is 4.79 Å². The van der Waals surface area contributed by atoms with E-state index in [1.165, 1.54) is 0 Å². The monoisotopic (exact) mass is 244 g/mol. The highest BCUT2D eigenvalue weighted by molar-refractivity contribution is 5.81. The highest BCUT2D eigenvalue weighted by Gasteiger charge is 2.25. The van der Waals surface area contributed by atoms with E-state index in [-0.39, 0.29) is 5.91 Å². The van der Waals surface area contributed by atoms with E-state index in [1.54, 1.807) is 7.05 Å². The average molecular weight is 244 g/mol. The summed E-state index contributed by atoms with van der Waals surface area (Å²) in [6, 6.07) is 9.84. The van der Waals surface area contributed by atoms with Gasteiger partial charge in [0.1, 0.15) is 0 Å². The largest absolute Gasteiger partial charge is 0.359 e. The Labute approximate surface area is 109 Å². The molecule has 0 aliphatic heterocycles. The molecular weight excluding hydrogens is 224 g/mol. The SMILES string of the molecule is CNC(=O)C(C)(C)CNCC#Cc1ccccc1. The van der Waals surface area contributed by atoms with E-state index in [0.717, 1.165) is 5.56 Å². The van der Waals surface area contributed by atoms with Crippen LogP contribution < -0.4 is 10.6 Å². The summed E-state index contributed by atoms with van der Waals surface area (Å²) in [5.41, 5.74) is 0.591. The first kappa shape index (κ1) is 14.3. The summed E-state index contributed by atoms with van der Waals surface area (Å²) in [5.74, 6) is 6.13. The summed E-state index contributed by atoms with van der Waals surface area (Å²) >= 11 is 0. The van der Waals surface area contributed by atoms with Crippen molar-refractivity contribution < 1.29 is 4.79 Å². The molecule has 0 aliphatic rings. The van der Waals surface area contributed by atoms with Gasteiger partial charge in [-0.15, -0.1) is 0 Å². The van der Waals surface area contributed by atoms with Crippen molar-refractivity contribution in [2.45, 2.75) is 13.8 Å². The molecule has 0 aromatic heterocycles. The van der Waals surface area contributed by atoms with Crippen molar-refractivity contribution in [2.24, 2.45) is 5.41 Å². The molecule has 96 valence electrons. The Bertz CT molecular complexity index is 441. The van der Waals surface area contributed by atoms with Gasteiger partial charge < -0.3 is 10.6 Å². The Morgan fingerprint density at radius 3 is 2.56 bits per heavy atom. The fourth-order valence-corrected chi connectivity index (χ4v) is 1.52. The highest BCUT2D eigenvalue weighted by atomic mass is 16.2. The van der Waals surface area contributed by atoms with Crippen LogP contribution in [0.2, 0.25) is 0 Å². The lowest BCUT2D eigenvalue weighted by atomic mass is 9.92.